The van der Waals surface area contributed by atoms with Crippen molar-refractivity contribution in [1.29, 1.82) is 0 Å². The van der Waals surface area contributed by atoms with Crippen molar-refractivity contribution in [3.05, 3.63) is 97.5 Å². The molecule has 0 radical (unpaired) electrons. The summed E-state index contributed by atoms with van der Waals surface area (Å²) in [4.78, 5) is 48.1. The topological polar surface area (TPSA) is 123 Å². The Kier molecular flexibility index (Phi) is 8.24. The van der Waals surface area contributed by atoms with Crippen LogP contribution in [-0.4, -0.2) is 46.4 Å². The first kappa shape index (κ1) is 29.2. The van der Waals surface area contributed by atoms with Gasteiger partial charge in [0.05, 0.1) is 17.5 Å². The van der Waals surface area contributed by atoms with E-state index in [1.165, 1.54) is 34.1 Å². The van der Waals surface area contributed by atoms with Crippen LogP contribution in [0.15, 0.2) is 63.8 Å². The van der Waals surface area contributed by atoms with Gasteiger partial charge in [0, 0.05) is 36.0 Å². The van der Waals surface area contributed by atoms with E-state index >= 15 is 0 Å². The van der Waals surface area contributed by atoms with Gasteiger partial charge in [0.1, 0.15) is 22.7 Å². The van der Waals surface area contributed by atoms with Gasteiger partial charge >= 0.3 is 0 Å². The molecular weight excluding hydrogens is 557 g/mol. The maximum atomic E-state index is 14.3. The van der Waals surface area contributed by atoms with Gasteiger partial charge in [-0.1, -0.05) is 31.5 Å². The van der Waals surface area contributed by atoms with Gasteiger partial charge in [0.25, 0.3) is 17.4 Å². The molecule has 0 aliphatic heterocycles. The number of benzene rings is 2. The monoisotopic (exact) mass is 589 g/mol. The SMILES string of the molecule is CNC(=O)c1ccc(Cn2c(C(C(C)C)N(CCN)C(=O)c3ccc(C)cc3)nc3c(oc4ccc(F)cc43)c2=O)s1. The Hall–Kier alpha value is -4.35. The minimum absolute atomic E-state index is 0.0137. The van der Waals surface area contributed by atoms with E-state index in [9.17, 15) is 18.8 Å². The van der Waals surface area contributed by atoms with E-state index in [0.29, 0.717) is 27.2 Å². The summed E-state index contributed by atoms with van der Waals surface area (Å²) in [6, 6.07) is 14.1. The summed E-state index contributed by atoms with van der Waals surface area (Å²) >= 11 is 1.25. The molecule has 218 valence electrons. The zero-order valence-electron chi connectivity index (χ0n) is 23.8. The van der Waals surface area contributed by atoms with E-state index in [-0.39, 0.29) is 48.5 Å². The van der Waals surface area contributed by atoms with Crippen molar-refractivity contribution in [2.45, 2.75) is 33.4 Å². The summed E-state index contributed by atoms with van der Waals surface area (Å²) in [6.07, 6.45) is 0. The highest BCUT2D eigenvalue weighted by molar-refractivity contribution is 7.14. The van der Waals surface area contributed by atoms with Crippen LogP contribution in [0.3, 0.4) is 0 Å². The number of aromatic nitrogens is 2. The van der Waals surface area contributed by atoms with Crippen molar-refractivity contribution in [1.82, 2.24) is 19.8 Å². The summed E-state index contributed by atoms with van der Waals surface area (Å²) in [5.74, 6) is -0.844. The molecule has 0 fully saturated rings. The highest BCUT2D eigenvalue weighted by atomic mass is 32.1. The van der Waals surface area contributed by atoms with Crippen LogP contribution in [0.4, 0.5) is 4.39 Å². The Bertz CT molecular complexity index is 1840. The van der Waals surface area contributed by atoms with Crippen LogP contribution in [0.25, 0.3) is 22.1 Å². The quantitative estimate of drug-likeness (QED) is 0.253. The summed E-state index contributed by atoms with van der Waals surface area (Å²) in [6.45, 7) is 6.32. The summed E-state index contributed by atoms with van der Waals surface area (Å²) in [5.41, 5.74) is 7.58. The molecule has 42 heavy (non-hydrogen) atoms. The van der Waals surface area contributed by atoms with Gasteiger partial charge in [-0.3, -0.25) is 19.0 Å². The molecule has 5 rings (SSSR count). The lowest BCUT2D eigenvalue weighted by molar-refractivity contribution is 0.0612. The first-order valence-electron chi connectivity index (χ1n) is 13.6. The van der Waals surface area contributed by atoms with Crippen molar-refractivity contribution in [2.24, 2.45) is 11.7 Å². The van der Waals surface area contributed by atoms with Crippen molar-refractivity contribution in [2.75, 3.05) is 20.1 Å². The van der Waals surface area contributed by atoms with Gasteiger partial charge in [-0.25, -0.2) is 9.37 Å². The number of nitrogens with two attached hydrogens (primary N) is 1. The van der Waals surface area contributed by atoms with Gasteiger partial charge in [0.2, 0.25) is 5.58 Å². The normalized spacial score (nSPS) is 12.3. The number of rotatable bonds is 9. The highest BCUT2D eigenvalue weighted by Gasteiger charge is 2.33. The molecule has 3 N–H and O–H groups in total. The molecule has 1 unspecified atom stereocenters. The third kappa shape index (κ3) is 5.45. The van der Waals surface area contributed by atoms with Crippen LogP contribution in [-0.2, 0) is 6.54 Å². The van der Waals surface area contributed by atoms with E-state index in [4.69, 9.17) is 15.1 Å². The average Bonchev–Trinajstić information content (AvgIpc) is 3.59. The first-order chi connectivity index (χ1) is 20.1. The zero-order valence-corrected chi connectivity index (χ0v) is 24.6. The van der Waals surface area contributed by atoms with Crippen molar-refractivity contribution in [3.63, 3.8) is 0 Å². The second-order valence-corrected chi connectivity index (χ2v) is 11.6. The van der Waals surface area contributed by atoms with Crippen LogP contribution in [0.2, 0.25) is 0 Å². The van der Waals surface area contributed by atoms with Crippen LogP contribution in [0, 0.1) is 18.7 Å². The van der Waals surface area contributed by atoms with E-state index in [2.05, 4.69) is 5.32 Å². The molecular formula is C31H32FN5O4S. The number of amides is 2. The van der Waals surface area contributed by atoms with Gasteiger partial charge in [-0.2, -0.15) is 0 Å². The Labute approximate surface area is 245 Å². The Morgan fingerprint density at radius 1 is 1.14 bits per heavy atom. The lowest BCUT2D eigenvalue weighted by Gasteiger charge is -2.35. The molecule has 0 aliphatic carbocycles. The lowest BCUT2D eigenvalue weighted by atomic mass is 9.99. The van der Waals surface area contributed by atoms with E-state index in [0.717, 1.165) is 10.4 Å². The number of aryl methyl sites for hydroxylation is 1. The highest BCUT2D eigenvalue weighted by Crippen LogP contribution is 2.33. The van der Waals surface area contributed by atoms with Gasteiger partial charge in [-0.15, -0.1) is 11.3 Å². The summed E-state index contributed by atoms with van der Waals surface area (Å²) < 4.78 is 21.7. The van der Waals surface area contributed by atoms with Crippen LogP contribution in [0.5, 0.6) is 0 Å². The fourth-order valence-electron chi connectivity index (χ4n) is 5.12. The zero-order chi connectivity index (χ0) is 30.1. The predicted octanol–water partition coefficient (Wildman–Crippen LogP) is 4.86. The molecule has 0 saturated heterocycles. The Morgan fingerprint density at radius 2 is 1.88 bits per heavy atom. The van der Waals surface area contributed by atoms with Crippen LogP contribution >= 0.6 is 11.3 Å². The number of furan rings is 1. The smallest absolute Gasteiger partial charge is 0.297 e. The molecule has 0 bridgehead atoms. The first-order valence-corrected chi connectivity index (χ1v) is 14.5. The fraction of sp³-hybridized carbons (Fsp3) is 0.290. The molecule has 0 saturated carbocycles. The largest absolute Gasteiger partial charge is 0.448 e. The van der Waals surface area contributed by atoms with Gasteiger partial charge in [-0.05, 0) is 55.3 Å². The fourth-order valence-corrected chi connectivity index (χ4v) is 6.07. The van der Waals surface area contributed by atoms with Crippen molar-refractivity contribution < 1.29 is 18.4 Å². The van der Waals surface area contributed by atoms with Gasteiger partial charge < -0.3 is 20.4 Å². The number of nitrogens with zero attached hydrogens (tertiary/aromatic N) is 3. The van der Waals surface area contributed by atoms with Crippen molar-refractivity contribution >= 4 is 45.2 Å². The van der Waals surface area contributed by atoms with Crippen LogP contribution < -0.4 is 16.6 Å². The molecule has 3 heterocycles. The number of fused-ring (bicyclic) bond motifs is 3. The number of thiophene rings is 1. The molecule has 2 aromatic carbocycles. The van der Waals surface area contributed by atoms with Crippen LogP contribution in [0.1, 0.15) is 56.2 Å². The van der Waals surface area contributed by atoms with Gasteiger partial charge in [0.15, 0.2) is 0 Å². The molecule has 3 aromatic heterocycles. The third-order valence-electron chi connectivity index (χ3n) is 7.15. The molecule has 9 nitrogen and oxygen atoms in total. The van der Waals surface area contributed by atoms with E-state index in [1.807, 2.05) is 32.9 Å². The number of carbonyl (C=O) groups excluding carboxylic acids is 2. The second kappa shape index (κ2) is 11.9. The molecule has 2 amide bonds. The average molecular weight is 590 g/mol. The standard InChI is InChI=1S/C31H32FN5O4S/c1-17(2)26(36(14-13-33)30(39)19-7-5-18(3)6-8-19)28-35-25-22-15-20(32)9-11-23(22)41-27(25)31(40)37(28)16-21-10-12-24(42-21)29(38)34-4/h5-12,15,17,26H,13-14,16,33H2,1-4H3,(H,34,38). The van der Waals surface area contributed by atoms with E-state index in [1.54, 1.807) is 36.2 Å². The number of hydrogen-bond acceptors (Lipinski definition) is 7. The maximum absolute atomic E-state index is 14.3. The molecule has 11 heteroatoms. The van der Waals surface area contributed by atoms with Crippen molar-refractivity contribution in [3.8, 4) is 0 Å². The Morgan fingerprint density at radius 3 is 2.55 bits per heavy atom. The third-order valence-corrected chi connectivity index (χ3v) is 8.22. The summed E-state index contributed by atoms with van der Waals surface area (Å²) in [7, 11) is 1.55. The maximum Gasteiger partial charge on any atom is 0.297 e. The van der Waals surface area contributed by atoms with E-state index < -0.39 is 17.4 Å². The predicted molar refractivity (Wildman–Crippen MR) is 161 cm³/mol. The number of nitrogens with one attached hydrogen (secondary N) is 1. The number of hydrogen-bond donors (Lipinski definition) is 2. The lowest BCUT2D eigenvalue weighted by Crippen LogP contribution is -2.43. The molecule has 0 spiro atoms. The number of halogens is 1. The minimum atomic E-state index is -0.670. The molecule has 5 aromatic rings. The minimum Gasteiger partial charge on any atom is -0.448 e. The summed E-state index contributed by atoms with van der Waals surface area (Å²) in [5, 5.41) is 2.97. The second-order valence-electron chi connectivity index (χ2n) is 10.5. The molecule has 1 atom stereocenters. The number of carbonyl (C=O) groups is 2. The molecule has 0 aliphatic rings. The Balaban J connectivity index is 1.74.